The Balaban J connectivity index is 1.81. The molecule has 126 valence electrons. The topological polar surface area (TPSA) is 78.9 Å². The summed E-state index contributed by atoms with van der Waals surface area (Å²) in [5, 5.41) is 11.8. The van der Waals surface area contributed by atoms with Crippen LogP contribution in [-0.4, -0.2) is 48.2 Å². The first kappa shape index (κ1) is 17.3. The summed E-state index contributed by atoms with van der Waals surface area (Å²) in [5.74, 6) is -0.737. The normalized spacial score (nSPS) is 19.8. The highest BCUT2D eigenvalue weighted by Gasteiger charge is 2.27. The van der Waals surface area contributed by atoms with E-state index in [4.69, 9.17) is 4.74 Å². The second kappa shape index (κ2) is 8.53. The van der Waals surface area contributed by atoms with Crippen LogP contribution in [0.1, 0.15) is 24.8 Å². The molecule has 2 N–H and O–H groups in total. The first-order valence-corrected chi connectivity index (χ1v) is 7.93. The number of aliphatic carboxylic acids is 1. The Bertz CT molecular complexity index is 521. The van der Waals surface area contributed by atoms with E-state index < -0.39 is 18.1 Å². The molecule has 1 aromatic carbocycles. The number of carbonyl (C=O) groups excluding carboxylic acids is 1. The van der Waals surface area contributed by atoms with E-state index in [1.165, 1.54) is 0 Å². The van der Waals surface area contributed by atoms with Gasteiger partial charge in [0, 0.05) is 6.54 Å². The van der Waals surface area contributed by atoms with Crippen molar-refractivity contribution >= 4 is 12.1 Å². The lowest BCUT2D eigenvalue weighted by Crippen LogP contribution is -2.44. The van der Waals surface area contributed by atoms with Crippen molar-refractivity contribution in [2.75, 3.05) is 20.1 Å². The van der Waals surface area contributed by atoms with Crippen molar-refractivity contribution in [2.24, 2.45) is 5.92 Å². The van der Waals surface area contributed by atoms with Crippen LogP contribution in [0.3, 0.4) is 0 Å². The van der Waals surface area contributed by atoms with E-state index in [0.29, 0.717) is 6.42 Å². The second-order valence-corrected chi connectivity index (χ2v) is 6.10. The van der Waals surface area contributed by atoms with Gasteiger partial charge in [-0.3, -0.25) is 0 Å². The summed E-state index contributed by atoms with van der Waals surface area (Å²) in [4.78, 5) is 25.4. The van der Waals surface area contributed by atoms with Gasteiger partial charge >= 0.3 is 12.1 Å². The molecule has 1 aliphatic rings. The number of nitrogens with zero attached hydrogens (tertiary/aromatic N) is 1. The lowest BCUT2D eigenvalue weighted by molar-refractivity contribution is -0.140. The highest BCUT2D eigenvalue weighted by atomic mass is 16.5. The van der Waals surface area contributed by atoms with Crippen molar-refractivity contribution in [1.82, 2.24) is 10.2 Å². The number of likely N-dealkylation sites (tertiary alicyclic amines) is 1. The molecule has 2 rings (SSSR count). The predicted molar refractivity (Wildman–Crippen MR) is 86.0 cm³/mol. The molecule has 6 heteroatoms. The van der Waals surface area contributed by atoms with Gasteiger partial charge in [-0.2, -0.15) is 0 Å². The van der Waals surface area contributed by atoms with E-state index in [9.17, 15) is 14.7 Å². The molecule has 1 heterocycles. The van der Waals surface area contributed by atoms with Gasteiger partial charge in [0.25, 0.3) is 0 Å². The van der Waals surface area contributed by atoms with Crippen LogP contribution in [0.4, 0.5) is 4.79 Å². The summed E-state index contributed by atoms with van der Waals surface area (Å²) < 4.78 is 5.10. The SMILES string of the molecule is CN1CCCC(CC(NC(=O)OCc2ccccc2)C(=O)O)C1. The number of piperidine rings is 1. The third-order valence-corrected chi connectivity index (χ3v) is 4.09. The van der Waals surface area contributed by atoms with Crippen molar-refractivity contribution in [2.45, 2.75) is 31.9 Å². The van der Waals surface area contributed by atoms with Crippen LogP contribution >= 0.6 is 0 Å². The van der Waals surface area contributed by atoms with E-state index in [1.807, 2.05) is 37.4 Å². The van der Waals surface area contributed by atoms with Crippen LogP contribution in [-0.2, 0) is 16.1 Å². The molecule has 1 aromatic rings. The molecule has 0 aliphatic carbocycles. The molecule has 6 nitrogen and oxygen atoms in total. The van der Waals surface area contributed by atoms with Crippen LogP contribution < -0.4 is 5.32 Å². The minimum Gasteiger partial charge on any atom is -0.480 e. The number of carboxylic acids is 1. The van der Waals surface area contributed by atoms with Crippen molar-refractivity contribution in [1.29, 1.82) is 0 Å². The maximum absolute atomic E-state index is 11.8. The van der Waals surface area contributed by atoms with Gasteiger partial charge in [0.2, 0.25) is 0 Å². The Kier molecular flexibility index (Phi) is 6.40. The zero-order valence-corrected chi connectivity index (χ0v) is 13.4. The van der Waals surface area contributed by atoms with Crippen LogP contribution in [0.15, 0.2) is 30.3 Å². The van der Waals surface area contributed by atoms with Crippen molar-refractivity contribution < 1.29 is 19.4 Å². The number of alkyl carbamates (subject to hydrolysis) is 1. The van der Waals surface area contributed by atoms with E-state index in [-0.39, 0.29) is 12.5 Å². The van der Waals surface area contributed by atoms with Gasteiger partial charge in [0.15, 0.2) is 0 Å². The largest absolute Gasteiger partial charge is 0.480 e. The molecule has 1 aliphatic heterocycles. The Morgan fingerprint density at radius 3 is 2.78 bits per heavy atom. The summed E-state index contributed by atoms with van der Waals surface area (Å²) in [6, 6.07) is 8.38. The van der Waals surface area contributed by atoms with Crippen LogP contribution in [0.25, 0.3) is 0 Å². The number of ether oxygens (including phenoxy) is 1. The maximum atomic E-state index is 11.8. The molecule has 0 spiro atoms. The maximum Gasteiger partial charge on any atom is 0.408 e. The smallest absolute Gasteiger partial charge is 0.408 e. The average molecular weight is 320 g/mol. The van der Waals surface area contributed by atoms with Crippen LogP contribution in [0, 0.1) is 5.92 Å². The van der Waals surface area contributed by atoms with Crippen molar-refractivity contribution in [3.8, 4) is 0 Å². The van der Waals surface area contributed by atoms with Crippen molar-refractivity contribution in [3.05, 3.63) is 35.9 Å². The highest BCUT2D eigenvalue weighted by molar-refractivity contribution is 5.79. The van der Waals surface area contributed by atoms with Crippen molar-refractivity contribution in [3.63, 3.8) is 0 Å². The number of rotatable bonds is 6. The quantitative estimate of drug-likeness (QED) is 0.839. The number of benzene rings is 1. The molecular formula is C17H24N2O4. The van der Waals surface area contributed by atoms with E-state index in [0.717, 1.165) is 31.5 Å². The fourth-order valence-electron chi connectivity index (χ4n) is 2.93. The fourth-order valence-corrected chi connectivity index (χ4v) is 2.93. The third kappa shape index (κ3) is 5.90. The molecule has 0 aromatic heterocycles. The molecule has 1 fully saturated rings. The zero-order valence-electron chi connectivity index (χ0n) is 13.4. The summed E-state index contributed by atoms with van der Waals surface area (Å²) in [7, 11) is 2.03. The molecule has 2 unspecified atom stereocenters. The Morgan fingerprint density at radius 1 is 1.39 bits per heavy atom. The van der Waals surface area contributed by atoms with Gasteiger partial charge in [-0.05, 0) is 44.3 Å². The second-order valence-electron chi connectivity index (χ2n) is 6.10. The van der Waals surface area contributed by atoms with Gasteiger partial charge in [0.05, 0.1) is 0 Å². The predicted octanol–water partition coefficient (Wildman–Crippen LogP) is 2.10. The minimum absolute atomic E-state index is 0.130. The zero-order chi connectivity index (χ0) is 16.7. The first-order chi connectivity index (χ1) is 11.0. The van der Waals surface area contributed by atoms with Gasteiger partial charge in [-0.25, -0.2) is 9.59 Å². The summed E-state index contributed by atoms with van der Waals surface area (Å²) in [6.45, 7) is 2.04. The van der Waals surface area contributed by atoms with E-state index >= 15 is 0 Å². The highest BCUT2D eigenvalue weighted by Crippen LogP contribution is 2.20. The fraction of sp³-hybridized carbons (Fsp3) is 0.529. The monoisotopic (exact) mass is 320 g/mol. The Hall–Kier alpha value is -2.08. The number of carboxylic acid groups (broad SMARTS) is 1. The van der Waals surface area contributed by atoms with Gasteiger partial charge < -0.3 is 20.1 Å². The lowest BCUT2D eigenvalue weighted by atomic mass is 9.91. The third-order valence-electron chi connectivity index (χ3n) is 4.09. The number of carbonyl (C=O) groups is 2. The molecule has 0 radical (unpaired) electrons. The van der Waals surface area contributed by atoms with Gasteiger partial charge in [-0.15, -0.1) is 0 Å². The number of hydrogen-bond acceptors (Lipinski definition) is 4. The Morgan fingerprint density at radius 2 is 2.13 bits per heavy atom. The number of hydrogen-bond donors (Lipinski definition) is 2. The van der Waals surface area contributed by atoms with E-state index in [2.05, 4.69) is 10.2 Å². The number of nitrogens with one attached hydrogen (secondary N) is 1. The molecule has 1 saturated heterocycles. The standard InChI is InChI=1S/C17H24N2O4/c1-19-9-5-8-14(11-19)10-15(16(20)21)18-17(22)23-12-13-6-3-2-4-7-13/h2-4,6-7,14-15H,5,8-12H2,1H3,(H,18,22)(H,20,21). The number of amides is 1. The summed E-state index contributed by atoms with van der Waals surface area (Å²) in [6.07, 6.45) is 1.80. The molecule has 1 amide bonds. The van der Waals surface area contributed by atoms with Crippen LogP contribution in [0.5, 0.6) is 0 Å². The molecule has 23 heavy (non-hydrogen) atoms. The molecule has 2 atom stereocenters. The minimum atomic E-state index is -1.02. The first-order valence-electron chi connectivity index (χ1n) is 7.93. The molecular weight excluding hydrogens is 296 g/mol. The average Bonchev–Trinajstić information content (AvgIpc) is 2.53. The van der Waals surface area contributed by atoms with E-state index in [1.54, 1.807) is 0 Å². The summed E-state index contributed by atoms with van der Waals surface area (Å²) >= 11 is 0. The van der Waals surface area contributed by atoms with Crippen LogP contribution in [0.2, 0.25) is 0 Å². The molecule has 0 bridgehead atoms. The molecule has 0 saturated carbocycles. The van der Waals surface area contributed by atoms with Gasteiger partial charge in [0.1, 0.15) is 12.6 Å². The lowest BCUT2D eigenvalue weighted by Gasteiger charge is -2.31. The Labute approximate surface area is 136 Å². The van der Waals surface area contributed by atoms with Gasteiger partial charge in [-0.1, -0.05) is 30.3 Å². The summed E-state index contributed by atoms with van der Waals surface area (Å²) in [5.41, 5.74) is 0.864.